The molecule has 3 rings (SSSR count). The lowest BCUT2D eigenvalue weighted by molar-refractivity contribution is 0.0884. The van der Waals surface area contributed by atoms with E-state index in [9.17, 15) is 9.18 Å². The molecule has 0 unspecified atom stereocenters. The summed E-state index contributed by atoms with van der Waals surface area (Å²) in [4.78, 5) is 14.8. The predicted octanol–water partition coefficient (Wildman–Crippen LogP) is 3.69. The molecule has 0 bridgehead atoms. The Bertz CT molecular complexity index is 690. The molecular weight excluding hydrogens is 307 g/mol. The average molecular weight is 330 g/mol. The lowest BCUT2D eigenvalue weighted by Gasteiger charge is -2.31. The highest BCUT2D eigenvalue weighted by atomic mass is 19.1. The molecular formula is C19H23FN2O2. The van der Waals surface area contributed by atoms with E-state index in [4.69, 9.17) is 4.42 Å². The molecule has 4 nitrogen and oxygen atoms in total. The number of piperidine rings is 1. The SMILES string of the molecule is CCCN1CCC(NC(=O)c2ccc(-c3ccccc3F)o2)CC1. The van der Waals surface area contributed by atoms with Gasteiger partial charge in [-0.05, 0) is 50.1 Å². The van der Waals surface area contributed by atoms with Gasteiger partial charge in [0, 0.05) is 19.1 Å². The highest BCUT2D eigenvalue weighted by Crippen LogP contribution is 2.25. The van der Waals surface area contributed by atoms with Crippen LogP contribution >= 0.6 is 0 Å². The molecule has 1 amide bonds. The van der Waals surface area contributed by atoms with Crippen LogP contribution in [0.4, 0.5) is 4.39 Å². The van der Waals surface area contributed by atoms with Crippen LogP contribution in [0.5, 0.6) is 0 Å². The Kier molecular flexibility index (Phi) is 5.30. The van der Waals surface area contributed by atoms with E-state index in [0.29, 0.717) is 11.3 Å². The van der Waals surface area contributed by atoms with Gasteiger partial charge in [-0.3, -0.25) is 4.79 Å². The Morgan fingerprint density at radius 3 is 2.71 bits per heavy atom. The number of amides is 1. The van der Waals surface area contributed by atoms with Gasteiger partial charge >= 0.3 is 0 Å². The lowest BCUT2D eigenvalue weighted by Crippen LogP contribution is -2.44. The first-order chi connectivity index (χ1) is 11.7. The fourth-order valence-electron chi connectivity index (χ4n) is 3.14. The van der Waals surface area contributed by atoms with Gasteiger partial charge in [0.1, 0.15) is 11.6 Å². The van der Waals surface area contributed by atoms with Gasteiger partial charge in [0.2, 0.25) is 0 Å². The Balaban J connectivity index is 1.60. The number of benzene rings is 1. The summed E-state index contributed by atoms with van der Waals surface area (Å²) in [5, 5.41) is 3.02. The highest BCUT2D eigenvalue weighted by Gasteiger charge is 2.22. The van der Waals surface area contributed by atoms with Gasteiger partial charge in [0.05, 0.1) is 5.56 Å². The van der Waals surface area contributed by atoms with E-state index in [0.717, 1.165) is 38.9 Å². The molecule has 0 atom stereocenters. The minimum atomic E-state index is -0.359. The van der Waals surface area contributed by atoms with Gasteiger partial charge in [-0.15, -0.1) is 0 Å². The minimum Gasteiger partial charge on any atom is -0.451 e. The number of furan rings is 1. The van der Waals surface area contributed by atoms with Gasteiger partial charge in [-0.2, -0.15) is 0 Å². The number of rotatable bonds is 5. The number of hydrogen-bond donors (Lipinski definition) is 1. The molecule has 5 heteroatoms. The molecule has 0 spiro atoms. The summed E-state index contributed by atoms with van der Waals surface area (Å²) in [6, 6.07) is 9.79. The van der Waals surface area contributed by atoms with Crippen molar-refractivity contribution < 1.29 is 13.6 Å². The summed E-state index contributed by atoms with van der Waals surface area (Å²) in [6.07, 6.45) is 3.06. The summed E-state index contributed by atoms with van der Waals surface area (Å²) >= 11 is 0. The van der Waals surface area contributed by atoms with Gasteiger partial charge in [0.15, 0.2) is 5.76 Å². The predicted molar refractivity (Wildman–Crippen MR) is 91.3 cm³/mol. The lowest BCUT2D eigenvalue weighted by atomic mass is 10.0. The maximum Gasteiger partial charge on any atom is 0.287 e. The molecule has 1 aromatic heterocycles. The van der Waals surface area contributed by atoms with Crippen molar-refractivity contribution in [3.8, 4) is 11.3 Å². The fraction of sp³-hybridized carbons (Fsp3) is 0.421. The first kappa shape index (κ1) is 16.7. The number of likely N-dealkylation sites (tertiary alicyclic amines) is 1. The highest BCUT2D eigenvalue weighted by molar-refractivity contribution is 5.92. The van der Waals surface area contributed by atoms with Crippen molar-refractivity contribution in [2.45, 2.75) is 32.2 Å². The van der Waals surface area contributed by atoms with Crippen LogP contribution < -0.4 is 5.32 Å². The second kappa shape index (κ2) is 7.62. The summed E-state index contributed by atoms with van der Waals surface area (Å²) < 4.78 is 19.3. The monoisotopic (exact) mass is 330 g/mol. The zero-order valence-corrected chi connectivity index (χ0v) is 13.9. The van der Waals surface area contributed by atoms with Crippen LogP contribution in [0, 0.1) is 5.82 Å². The Morgan fingerprint density at radius 1 is 1.25 bits per heavy atom. The van der Waals surface area contributed by atoms with Crippen molar-refractivity contribution in [1.29, 1.82) is 0 Å². The van der Waals surface area contributed by atoms with Crippen molar-refractivity contribution in [3.63, 3.8) is 0 Å². The van der Waals surface area contributed by atoms with Crippen molar-refractivity contribution in [1.82, 2.24) is 10.2 Å². The topological polar surface area (TPSA) is 45.5 Å². The number of nitrogens with zero attached hydrogens (tertiary/aromatic N) is 1. The molecule has 1 aliphatic rings. The van der Waals surface area contributed by atoms with Crippen LogP contribution in [0.1, 0.15) is 36.7 Å². The van der Waals surface area contributed by atoms with Crippen molar-refractivity contribution >= 4 is 5.91 Å². The largest absolute Gasteiger partial charge is 0.451 e. The fourth-order valence-corrected chi connectivity index (χ4v) is 3.14. The Labute approximate surface area is 141 Å². The molecule has 2 aromatic rings. The average Bonchev–Trinajstić information content (AvgIpc) is 3.07. The molecule has 0 saturated carbocycles. The summed E-state index contributed by atoms with van der Waals surface area (Å²) in [5.74, 6) is 0.00823. The normalized spacial score (nSPS) is 16.2. The third-order valence-corrected chi connectivity index (χ3v) is 4.43. The number of carbonyl (C=O) groups excluding carboxylic acids is 1. The second-order valence-electron chi connectivity index (χ2n) is 6.23. The van der Waals surface area contributed by atoms with Crippen LogP contribution in [-0.2, 0) is 0 Å². The van der Waals surface area contributed by atoms with Gasteiger partial charge in [0.25, 0.3) is 5.91 Å². The van der Waals surface area contributed by atoms with Gasteiger partial charge < -0.3 is 14.6 Å². The first-order valence-electron chi connectivity index (χ1n) is 8.55. The van der Waals surface area contributed by atoms with E-state index in [2.05, 4.69) is 17.1 Å². The number of halogens is 1. The maximum atomic E-state index is 13.8. The van der Waals surface area contributed by atoms with E-state index < -0.39 is 0 Å². The smallest absolute Gasteiger partial charge is 0.287 e. The molecule has 128 valence electrons. The molecule has 1 aromatic carbocycles. The van der Waals surface area contributed by atoms with Crippen LogP contribution in [-0.4, -0.2) is 36.5 Å². The van der Waals surface area contributed by atoms with Crippen molar-refractivity contribution in [2.75, 3.05) is 19.6 Å². The number of hydrogen-bond acceptors (Lipinski definition) is 3. The molecule has 0 aliphatic carbocycles. The summed E-state index contributed by atoms with van der Waals surface area (Å²) in [7, 11) is 0. The maximum absolute atomic E-state index is 13.8. The number of nitrogens with one attached hydrogen (secondary N) is 1. The zero-order valence-electron chi connectivity index (χ0n) is 13.9. The molecule has 24 heavy (non-hydrogen) atoms. The minimum absolute atomic E-state index is 0.174. The van der Waals surface area contributed by atoms with Crippen molar-refractivity contribution in [2.24, 2.45) is 0 Å². The Morgan fingerprint density at radius 2 is 2.00 bits per heavy atom. The second-order valence-corrected chi connectivity index (χ2v) is 6.23. The van der Waals surface area contributed by atoms with E-state index in [1.54, 1.807) is 30.3 Å². The third-order valence-electron chi connectivity index (χ3n) is 4.43. The van der Waals surface area contributed by atoms with Crippen LogP contribution in [0.25, 0.3) is 11.3 Å². The number of carbonyl (C=O) groups is 1. The zero-order chi connectivity index (χ0) is 16.9. The Hall–Kier alpha value is -2.14. The van der Waals surface area contributed by atoms with Crippen LogP contribution in [0.3, 0.4) is 0 Å². The summed E-state index contributed by atoms with van der Waals surface area (Å²) in [5.41, 5.74) is 0.365. The van der Waals surface area contributed by atoms with E-state index >= 15 is 0 Å². The summed E-state index contributed by atoms with van der Waals surface area (Å²) in [6.45, 7) is 5.32. The van der Waals surface area contributed by atoms with E-state index in [1.807, 2.05) is 0 Å². The van der Waals surface area contributed by atoms with Gasteiger partial charge in [-0.1, -0.05) is 19.1 Å². The first-order valence-corrected chi connectivity index (χ1v) is 8.55. The van der Waals surface area contributed by atoms with E-state index in [1.165, 1.54) is 6.07 Å². The molecule has 1 saturated heterocycles. The van der Waals surface area contributed by atoms with Crippen LogP contribution in [0.15, 0.2) is 40.8 Å². The molecule has 2 heterocycles. The van der Waals surface area contributed by atoms with Gasteiger partial charge in [-0.25, -0.2) is 4.39 Å². The molecule has 1 aliphatic heterocycles. The molecule has 0 radical (unpaired) electrons. The molecule has 1 N–H and O–H groups in total. The third kappa shape index (κ3) is 3.85. The van der Waals surface area contributed by atoms with E-state index in [-0.39, 0.29) is 23.5 Å². The standard InChI is InChI=1S/C19H23FN2O2/c1-2-11-22-12-9-14(10-13-22)21-19(23)18-8-7-17(24-18)15-5-3-4-6-16(15)20/h3-8,14H,2,9-13H2,1H3,(H,21,23). The van der Waals surface area contributed by atoms with Crippen molar-refractivity contribution in [3.05, 3.63) is 48.0 Å². The van der Waals surface area contributed by atoms with Crippen LogP contribution in [0.2, 0.25) is 0 Å². The quantitative estimate of drug-likeness (QED) is 0.909. The molecule has 1 fully saturated rings.